The van der Waals surface area contributed by atoms with Crippen LogP contribution in [0.15, 0.2) is 24.3 Å². The minimum Gasteiger partial charge on any atom is -0.394 e. The summed E-state index contributed by atoms with van der Waals surface area (Å²) in [5.74, 6) is -0.137. The normalized spacial score (nSPS) is 18.3. The molecule has 492 valence electrons. The van der Waals surface area contributed by atoms with Crippen molar-refractivity contribution in [3.8, 4) is 0 Å². The van der Waals surface area contributed by atoms with Crippen molar-refractivity contribution in [2.75, 3.05) is 13.2 Å². The molecule has 0 spiro atoms. The first-order valence-corrected chi connectivity index (χ1v) is 37.0. The van der Waals surface area contributed by atoms with E-state index in [-0.39, 0.29) is 12.5 Å². The quantitative estimate of drug-likeness (QED) is 0.0261. The molecular formula is C74H143NO8. The highest BCUT2D eigenvalue weighted by molar-refractivity contribution is 5.76. The van der Waals surface area contributed by atoms with Gasteiger partial charge in [0.05, 0.1) is 25.4 Å². The van der Waals surface area contributed by atoms with Gasteiger partial charge in [0.2, 0.25) is 5.91 Å². The van der Waals surface area contributed by atoms with E-state index in [0.717, 1.165) is 44.9 Å². The van der Waals surface area contributed by atoms with E-state index >= 15 is 0 Å². The molecule has 0 aromatic carbocycles. The number of allylic oxidation sites excluding steroid dienone is 4. The first-order valence-electron chi connectivity index (χ1n) is 37.0. The second kappa shape index (κ2) is 63.7. The largest absolute Gasteiger partial charge is 0.394 e. The van der Waals surface area contributed by atoms with Crippen molar-refractivity contribution in [3.63, 3.8) is 0 Å². The van der Waals surface area contributed by atoms with Gasteiger partial charge in [-0.2, -0.15) is 0 Å². The topological polar surface area (TPSA) is 149 Å². The third-order valence-electron chi connectivity index (χ3n) is 18.1. The van der Waals surface area contributed by atoms with Gasteiger partial charge in [-0.3, -0.25) is 4.79 Å². The van der Waals surface area contributed by atoms with Gasteiger partial charge in [0.15, 0.2) is 6.29 Å². The zero-order valence-corrected chi connectivity index (χ0v) is 55.2. The summed E-state index contributed by atoms with van der Waals surface area (Å²) in [6, 6.07) is -0.719. The third kappa shape index (κ3) is 52.3. The lowest BCUT2D eigenvalue weighted by atomic mass is 9.99. The van der Waals surface area contributed by atoms with Crippen molar-refractivity contribution in [2.24, 2.45) is 0 Å². The SMILES string of the molecule is CCCCCCC/C=C\C/C=C\CCCCCCCCCCCCCCCCCC(=O)NC(COC1OC(CO)C(O)C(O)C1O)C(O)CCCCCCCCCCCCCCCCCCCCCCCCCCCCCCCCCCC. The number of ether oxygens (including phenoxy) is 2. The van der Waals surface area contributed by atoms with Crippen molar-refractivity contribution >= 4 is 5.91 Å². The number of hydrogen-bond donors (Lipinski definition) is 6. The van der Waals surface area contributed by atoms with Gasteiger partial charge in [0.1, 0.15) is 24.4 Å². The highest BCUT2D eigenvalue weighted by atomic mass is 16.7. The minimum atomic E-state index is -1.55. The summed E-state index contributed by atoms with van der Waals surface area (Å²) in [6.45, 7) is 3.89. The lowest BCUT2D eigenvalue weighted by Gasteiger charge is -2.40. The maximum absolute atomic E-state index is 13.2. The third-order valence-corrected chi connectivity index (χ3v) is 18.1. The fourth-order valence-corrected chi connectivity index (χ4v) is 12.3. The van der Waals surface area contributed by atoms with Crippen LogP contribution in [0.1, 0.15) is 386 Å². The minimum absolute atomic E-state index is 0.134. The Hall–Kier alpha value is -1.33. The summed E-state index contributed by atoms with van der Waals surface area (Å²) in [4.78, 5) is 13.2. The maximum atomic E-state index is 13.2. The number of nitrogens with one attached hydrogen (secondary N) is 1. The first-order chi connectivity index (χ1) is 40.8. The summed E-state index contributed by atoms with van der Waals surface area (Å²) in [7, 11) is 0. The van der Waals surface area contributed by atoms with E-state index in [9.17, 15) is 30.3 Å². The molecule has 0 aromatic rings. The highest BCUT2D eigenvalue weighted by Crippen LogP contribution is 2.24. The molecule has 9 nitrogen and oxygen atoms in total. The molecule has 1 amide bonds. The molecule has 1 rings (SSSR count). The van der Waals surface area contributed by atoms with E-state index in [1.54, 1.807) is 0 Å². The smallest absolute Gasteiger partial charge is 0.220 e. The fraction of sp³-hybridized carbons (Fsp3) is 0.932. The van der Waals surface area contributed by atoms with Crippen LogP contribution in [0.3, 0.4) is 0 Å². The number of rotatable bonds is 66. The molecule has 0 saturated carbocycles. The molecular weight excluding hydrogens is 1030 g/mol. The monoisotopic (exact) mass is 1170 g/mol. The van der Waals surface area contributed by atoms with E-state index in [4.69, 9.17) is 9.47 Å². The van der Waals surface area contributed by atoms with Crippen LogP contribution in [0.2, 0.25) is 0 Å². The van der Waals surface area contributed by atoms with Gasteiger partial charge in [-0.25, -0.2) is 0 Å². The molecule has 0 aromatic heterocycles. The molecule has 7 unspecified atom stereocenters. The highest BCUT2D eigenvalue weighted by Gasteiger charge is 2.44. The summed E-state index contributed by atoms with van der Waals surface area (Å²) in [5.41, 5.74) is 0. The second-order valence-corrected chi connectivity index (χ2v) is 26.1. The Morgan fingerprint density at radius 2 is 0.711 bits per heavy atom. The van der Waals surface area contributed by atoms with Gasteiger partial charge >= 0.3 is 0 Å². The zero-order chi connectivity index (χ0) is 60.0. The van der Waals surface area contributed by atoms with Gasteiger partial charge in [0, 0.05) is 6.42 Å². The Kier molecular flexibility index (Phi) is 61.1. The van der Waals surface area contributed by atoms with Crippen LogP contribution in [-0.2, 0) is 14.3 Å². The van der Waals surface area contributed by atoms with E-state index < -0.39 is 49.5 Å². The lowest BCUT2D eigenvalue weighted by molar-refractivity contribution is -0.302. The molecule has 1 fully saturated rings. The van der Waals surface area contributed by atoms with E-state index in [1.165, 1.54) is 315 Å². The van der Waals surface area contributed by atoms with Crippen molar-refractivity contribution in [3.05, 3.63) is 24.3 Å². The van der Waals surface area contributed by atoms with Crippen molar-refractivity contribution in [1.29, 1.82) is 0 Å². The van der Waals surface area contributed by atoms with Crippen molar-refractivity contribution in [2.45, 2.75) is 429 Å². The van der Waals surface area contributed by atoms with Crippen LogP contribution in [0.25, 0.3) is 0 Å². The average Bonchev–Trinajstić information content (AvgIpc) is 3.60. The summed E-state index contributed by atoms with van der Waals surface area (Å²) in [6.07, 6.45) is 76.9. The predicted octanol–water partition coefficient (Wildman–Crippen LogP) is 20.4. The molecule has 6 N–H and O–H groups in total. The maximum Gasteiger partial charge on any atom is 0.220 e. The molecule has 1 aliphatic heterocycles. The van der Waals surface area contributed by atoms with Crippen molar-refractivity contribution < 1.29 is 39.8 Å². The number of aliphatic hydroxyl groups is 5. The van der Waals surface area contributed by atoms with Crippen LogP contribution in [0.4, 0.5) is 0 Å². The Bertz CT molecular complexity index is 1360. The number of carbonyl (C=O) groups excluding carboxylic acids is 1. The molecule has 0 radical (unpaired) electrons. The van der Waals surface area contributed by atoms with Gasteiger partial charge < -0.3 is 40.3 Å². The van der Waals surface area contributed by atoms with Gasteiger partial charge in [-0.05, 0) is 44.9 Å². The summed E-state index contributed by atoms with van der Waals surface area (Å²) in [5, 5.41) is 55.0. The second-order valence-electron chi connectivity index (χ2n) is 26.1. The lowest BCUT2D eigenvalue weighted by Crippen LogP contribution is -2.60. The standard InChI is InChI=1S/C74H143NO8/c1-3-5-7-9-11-13-15-17-19-21-23-25-27-29-31-32-33-34-35-36-38-39-41-43-45-47-49-51-53-55-57-59-61-63-68(77)67(66-82-74-73(81)72(80)71(79)69(65-76)83-74)75-70(78)64-62-60-58-56-54-52-50-48-46-44-42-40-37-30-28-26-24-22-20-18-16-14-12-10-8-6-4-2/h16,18,22,24,67-69,71-74,76-77,79-81H,3-15,17,19-21,23,25-66H2,1-2H3,(H,75,78)/b18-16-,24-22-. The van der Waals surface area contributed by atoms with Crippen molar-refractivity contribution in [1.82, 2.24) is 5.32 Å². The van der Waals surface area contributed by atoms with Gasteiger partial charge in [-0.15, -0.1) is 0 Å². The molecule has 83 heavy (non-hydrogen) atoms. The fourth-order valence-electron chi connectivity index (χ4n) is 12.3. The molecule has 7 atom stereocenters. The first kappa shape index (κ1) is 79.7. The molecule has 0 bridgehead atoms. The molecule has 0 aliphatic carbocycles. The van der Waals surface area contributed by atoms with E-state index in [0.29, 0.717) is 12.8 Å². The molecule has 9 heteroatoms. The van der Waals surface area contributed by atoms with E-state index in [2.05, 4.69) is 43.5 Å². The van der Waals surface area contributed by atoms with Crippen LogP contribution in [-0.4, -0.2) is 87.5 Å². The Morgan fingerprint density at radius 3 is 1.04 bits per heavy atom. The Morgan fingerprint density at radius 1 is 0.410 bits per heavy atom. The molecule has 1 saturated heterocycles. The number of aliphatic hydroxyl groups excluding tert-OH is 5. The van der Waals surface area contributed by atoms with Gasteiger partial charge in [0.25, 0.3) is 0 Å². The average molecular weight is 1170 g/mol. The predicted molar refractivity (Wildman–Crippen MR) is 355 cm³/mol. The zero-order valence-electron chi connectivity index (χ0n) is 55.2. The molecule has 1 heterocycles. The van der Waals surface area contributed by atoms with Crippen LogP contribution < -0.4 is 5.32 Å². The van der Waals surface area contributed by atoms with Crippen LogP contribution in [0, 0.1) is 0 Å². The Balaban J connectivity index is 2.08. The number of unbranched alkanes of at least 4 members (excludes halogenated alkanes) is 52. The summed E-state index contributed by atoms with van der Waals surface area (Å²) >= 11 is 0. The summed E-state index contributed by atoms with van der Waals surface area (Å²) < 4.78 is 11.4. The van der Waals surface area contributed by atoms with Gasteiger partial charge in [-0.1, -0.05) is 359 Å². The van der Waals surface area contributed by atoms with E-state index in [1.807, 2.05) is 0 Å². The number of hydrogen-bond acceptors (Lipinski definition) is 8. The number of carbonyl (C=O) groups is 1. The molecule has 1 aliphatic rings. The number of amides is 1. The van der Waals surface area contributed by atoms with Crippen LogP contribution >= 0.6 is 0 Å². The Labute approximate surface area is 515 Å². The van der Waals surface area contributed by atoms with Crippen LogP contribution in [0.5, 0.6) is 0 Å².